The quantitative estimate of drug-likeness (QED) is 0.773. The molecule has 1 atom stereocenters. The number of ether oxygens (including phenoxy) is 1. The average molecular weight is 258 g/mol. The number of rotatable bonds is 5. The van der Waals surface area contributed by atoms with Crippen molar-refractivity contribution in [3.05, 3.63) is 0 Å². The first kappa shape index (κ1) is 14.8. The molecule has 0 saturated carbocycles. The van der Waals surface area contributed by atoms with E-state index in [4.69, 9.17) is 9.84 Å². The molecular formula is C12H22N2O4. The highest BCUT2D eigenvalue weighted by Crippen LogP contribution is 2.13. The van der Waals surface area contributed by atoms with Crippen LogP contribution in [0, 0.1) is 0 Å². The number of aliphatic carboxylic acids is 1. The molecule has 1 unspecified atom stereocenters. The van der Waals surface area contributed by atoms with Crippen LogP contribution < -0.4 is 5.32 Å². The van der Waals surface area contributed by atoms with Gasteiger partial charge >= 0.3 is 12.0 Å². The Morgan fingerprint density at radius 2 is 2.06 bits per heavy atom. The Morgan fingerprint density at radius 1 is 1.44 bits per heavy atom. The van der Waals surface area contributed by atoms with Gasteiger partial charge in [-0.25, -0.2) is 4.79 Å². The lowest BCUT2D eigenvalue weighted by molar-refractivity contribution is -0.137. The van der Waals surface area contributed by atoms with E-state index in [1.807, 2.05) is 6.92 Å². The van der Waals surface area contributed by atoms with Gasteiger partial charge in [0.15, 0.2) is 0 Å². The summed E-state index contributed by atoms with van der Waals surface area (Å²) in [6.45, 7) is 3.19. The van der Waals surface area contributed by atoms with Gasteiger partial charge in [-0.1, -0.05) is 6.92 Å². The monoisotopic (exact) mass is 258 g/mol. The maximum Gasteiger partial charge on any atom is 0.317 e. The minimum absolute atomic E-state index is 0.0310. The van der Waals surface area contributed by atoms with Gasteiger partial charge in [-0.3, -0.25) is 4.79 Å². The van der Waals surface area contributed by atoms with E-state index in [0.29, 0.717) is 19.5 Å². The van der Waals surface area contributed by atoms with E-state index in [9.17, 15) is 9.59 Å². The Labute approximate surface area is 107 Å². The molecular weight excluding hydrogens is 236 g/mol. The van der Waals surface area contributed by atoms with Crippen LogP contribution in [0.3, 0.4) is 0 Å². The van der Waals surface area contributed by atoms with Gasteiger partial charge in [0.25, 0.3) is 0 Å². The Morgan fingerprint density at radius 3 is 2.50 bits per heavy atom. The maximum absolute atomic E-state index is 11.9. The van der Waals surface area contributed by atoms with E-state index in [1.165, 1.54) is 0 Å². The lowest BCUT2D eigenvalue weighted by Crippen LogP contribution is -2.49. The SMILES string of the molecule is CCC(CC(=O)O)NC(=O)N1CCC(OC)CC1. The molecule has 6 heteroatoms. The third-order valence-corrected chi connectivity index (χ3v) is 3.30. The van der Waals surface area contributed by atoms with E-state index >= 15 is 0 Å². The van der Waals surface area contributed by atoms with Gasteiger partial charge in [0.1, 0.15) is 0 Å². The molecule has 0 aliphatic carbocycles. The number of carbonyl (C=O) groups excluding carboxylic acids is 1. The second-order valence-electron chi connectivity index (χ2n) is 4.57. The van der Waals surface area contributed by atoms with Crippen molar-refractivity contribution in [2.24, 2.45) is 0 Å². The summed E-state index contributed by atoms with van der Waals surface area (Å²) in [6, 6.07) is -0.465. The van der Waals surface area contributed by atoms with Crippen LogP contribution in [-0.2, 0) is 9.53 Å². The molecule has 1 aliphatic rings. The van der Waals surface area contributed by atoms with Gasteiger partial charge < -0.3 is 20.1 Å². The molecule has 0 aromatic heterocycles. The molecule has 1 fully saturated rings. The zero-order chi connectivity index (χ0) is 13.5. The van der Waals surface area contributed by atoms with Crippen molar-refractivity contribution in [1.29, 1.82) is 0 Å². The summed E-state index contributed by atoms with van der Waals surface area (Å²) in [5, 5.41) is 11.5. The second-order valence-corrected chi connectivity index (χ2v) is 4.57. The standard InChI is InChI=1S/C12H22N2O4/c1-3-9(8-11(15)16)13-12(17)14-6-4-10(18-2)5-7-14/h9-10H,3-8H2,1-2H3,(H,13,17)(H,15,16). The summed E-state index contributed by atoms with van der Waals surface area (Å²) in [7, 11) is 1.68. The average Bonchev–Trinajstić information content (AvgIpc) is 2.37. The molecule has 104 valence electrons. The highest BCUT2D eigenvalue weighted by Gasteiger charge is 2.24. The summed E-state index contributed by atoms with van der Waals surface area (Å²) < 4.78 is 5.24. The van der Waals surface area contributed by atoms with Gasteiger partial charge in [-0.05, 0) is 19.3 Å². The molecule has 2 N–H and O–H groups in total. The highest BCUT2D eigenvalue weighted by molar-refractivity contribution is 5.76. The Bertz CT molecular complexity index is 288. The minimum atomic E-state index is -0.889. The van der Waals surface area contributed by atoms with E-state index < -0.39 is 5.97 Å². The highest BCUT2D eigenvalue weighted by atomic mass is 16.5. The Kier molecular flexibility index (Phi) is 5.91. The number of urea groups is 1. The van der Waals surface area contributed by atoms with E-state index in [-0.39, 0.29) is 24.6 Å². The number of nitrogens with one attached hydrogen (secondary N) is 1. The van der Waals surface area contributed by atoms with Crippen molar-refractivity contribution in [2.75, 3.05) is 20.2 Å². The van der Waals surface area contributed by atoms with Crippen LogP contribution in [0.25, 0.3) is 0 Å². The molecule has 6 nitrogen and oxygen atoms in total. The van der Waals surface area contributed by atoms with Crippen molar-refractivity contribution in [3.63, 3.8) is 0 Å². The molecule has 0 aromatic rings. The van der Waals surface area contributed by atoms with Crippen LogP contribution in [-0.4, -0.2) is 54.4 Å². The number of carbonyl (C=O) groups is 2. The lowest BCUT2D eigenvalue weighted by Gasteiger charge is -2.32. The zero-order valence-corrected chi connectivity index (χ0v) is 11.0. The van der Waals surface area contributed by atoms with Crippen molar-refractivity contribution in [2.45, 2.75) is 44.8 Å². The minimum Gasteiger partial charge on any atom is -0.481 e. The smallest absolute Gasteiger partial charge is 0.317 e. The summed E-state index contributed by atoms with van der Waals surface area (Å²) in [5.41, 5.74) is 0. The predicted octanol–water partition coefficient (Wildman–Crippen LogP) is 1.06. The van der Waals surface area contributed by atoms with Crippen LogP contribution in [0.1, 0.15) is 32.6 Å². The van der Waals surface area contributed by atoms with Gasteiger partial charge in [0.05, 0.1) is 12.5 Å². The van der Waals surface area contributed by atoms with Crippen LogP contribution in [0.15, 0.2) is 0 Å². The van der Waals surface area contributed by atoms with E-state index in [1.54, 1.807) is 12.0 Å². The van der Waals surface area contributed by atoms with Crippen molar-refractivity contribution < 1.29 is 19.4 Å². The molecule has 2 amide bonds. The Hall–Kier alpha value is -1.30. The fraction of sp³-hybridized carbons (Fsp3) is 0.833. The number of likely N-dealkylation sites (tertiary alicyclic amines) is 1. The molecule has 1 aliphatic heterocycles. The first-order chi connectivity index (χ1) is 8.56. The second kappa shape index (κ2) is 7.20. The molecule has 1 saturated heterocycles. The molecule has 18 heavy (non-hydrogen) atoms. The maximum atomic E-state index is 11.9. The van der Waals surface area contributed by atoms with Crippen LogP contribution in [0.4, 0.5) is 4.79 Å². The molecule has 0 bridgehead atoms. The molecule has 0 aromatic carbocycles. The topological polar surface area (TPSA) is 78.9 Å². The molecule has 1 heterocycles. The molecule has 0 radical (unpaired) electrons. The normalized spacial score (nSPS) is 18.4. The number of amides is 2. The van der Waals surface area contributed by atoms with Crippen LogP contribution in [0.5, 0.6) is 0 Å². The van der Waals surface area contributed by atoms with Crippen molar-refractivity contribution in [3.8, 4) is 0 Å². The number of carboxylic acids is 1. The zero-order valence-electron chi connectivity index (χ0n) is 11.0. The van der Waals surface area contributed by atoms with Gasteiger partial charge in [0.2, 0.25) is 0 Å². The van der Waals surface area contributed by atoms with Crippen LogP contribution in [0.2, 0.25) is 0 Å². The van der Waals surface area contributed by atoms with Gasteiger partial charge in [0, 0.05) is 26.2 Å². The number of nitrogens with zero attached hydrogens (tertiary/aromatic N) is 1. The third kappa shape index (κ3) is 4.52. The fourth-order valence-electron chi connectivity index (χ4n) is 2.07. The number of hydrogen-bond acceptors (Lipinski definition) is 3. The summed E-state index contributed by atoms with van der Waals surface area (Å²) in [4.78, 5) is 24.3. The molecule has 1 rings (SSSR count). The summed E-state index contributed by atoms with van der Waals surface area (Å²) in [6.07, 6.45) is 2.48. The fourth-order valence-corrected chi connectivity index (χ4v) is 2.07. The number of hydrogen-bond donors (Lipinski definition) is 2. The van der Waals surface area contributed by atoms with E-state index in [0.717, 1.165) is 12.8 Å². The van der Waals surface area contributed by atoms with Gasteiger partial charge in [-0.15, -0.1) is 0 Å². The largest absolute Gasteiger partial charge is 0.481 e. The van der Waals surface area contributed by atoms with Crippen molar-refractivity contribution >= 4 is 12.0 Å². The number of carboxylic acid groups (broad SMARTS) is 1. The summed E-state index contributed by atoms with van der Waals surface area (Å²) >= 11 is 0. The third-order valence-electron chi connectivity index (χ3n) is 3.30. The first-order valence-electron chi connectivity index (χ1n) is 6.36. The Balaban J connectivity index is 2.38. The van der Waals surface area contributed by atoms with Gasteiger partial charge in [-0.2, -0.15) is 0 Å². The summed E-state index contributed by atoms with van der Waals surface area (Å²) in [5.74, 6) is -0.889. The van der Waals surface area contributed by atoms with Crippen molar-refractivity contribution in [1.82, 2.24) is 10.2 Å². The first-order valence-corrected chi connectivity index (χ1v) is 6.36. The molecule has 0 spiro atoms. The number of piperidine rings is 1. The van der Waals surface area contributed by atoms with E-state index in [2.05, 4.69) is 5.32 Å². The lowest BCUT2D eigenvalue weighted by atomic mass is 10.1. The predicted molar refractivity (Wildman–Crippen MR) is 66.5 cm³/mol. The van der Waals surface area contributed by atoms with Crippen LogP contribution >= 0.6 is 0 Å². The number of methoxy groups -OCH3 is 1.